The van der Waals surface area contributed by atoms with Crippen LogP contribution in [0.3, 0.4) is 0 Å². The van der Waals surface area contributed by atoms with Gasteiger partial charge >= 0.3 is 110 Å². The maximum atomic E-state index is 10.2. The number of carbonyl (C=O) groups is 2. The summed E-state index contributed by atoms with van der Waals surface area (Å²) in [5, 5.41) is 37.4. The first kappa shape index (κ1) is 62.4. The second kappa shape index (κ2) is 50.9. The van der Waals surface area contributed by atoms with Crippen molar-refractivity contribution in [2.45, 2.75) is 168 Å². The standard InChI is InChI=1S/2C18H32O2.2C5H11NO2P/c2*1-2-3-4-5-6-7-8-9-10-11-12-13-14-15-16-17-18(19)20;2*1-6(2,3-4-7)5-9-8/h2*6-7,9-10H,2-5,8,11-17H2,1H3,(H,19,20);2*7H,3-4H2,1-2H3/q;;2*+1/p-2/b2*7-6-,10-9-;;. The second-order valence-corrected chi connectivity index (χ2v) is 16.1. The Labute approximate surface area is 357 Å². The molecule has 0 amide bonds. The van der Waals surface area contributed by atoms with Gasteiger partial charge in [-0.3, -0.25) is 0 Å². The maximum absolute atomic E-state index is 10.2. The predicted molar refractivity (Wildman–Crippen MR) is 240 cm³/mol. The molecule has 0 saturated heterocycles. The number of allylic oxidation sites excluding steroid dienone is 8. The van der Waals surface area contributed by atoms with E-state index >= 15 is 0 Å². The molecule has 2 N–H and O–H groups in total. The summed E-state index contributed by atoms with van der Waals surface area (Å²) >= 11 is 0. The molecule has 0 atom stereocenters. The van der Waals surface area contributed by atoms with Crippen LogP contribution >= 0.6 is 15.8 Å². The van der Waals surface area contributed by atoms with Crippen molar-refractivity contribution in [3.8, 4) is 11.5 Å². The third-order valence-electron chi connectivity index (χ3n) is 8.60. The van der Waals surface area contributed by atoms with E-state index < -0.39 is 11.9 Å². The zero-order valence-electron chi connectivity index (χ0n) is 37.6. The summed E-state index contributed by atoms with van der Waals surface area (Å²) in [5.74, 6) is 3.39. The number of nitrogens with zero attached hydrogens (tertiary/aromatic N) is 2. The Morgan fingerprint density at radius 1 is 0.483 bits per heavy atom. The zero-order valence-corrected chi connectivity index (χ0v) is 39.3. The molecule has 0 aromatic heterocycles. The minimum absolute atomic E-state index is 0.0928. The number of aliphatic carboxylic acids is 2. The van der Waals surface area contributed by atoms with Crippen molar-refractivity contribution in [3.05, 3.63) is 48.6 Å². The van der Waals surface area contributed by atoms with Crippen molar-refractivity contribution in [2.24, 2.45) is 0 Å². The van der Waals surface area contributed by atoms with Gasteiger partial charge in [-0.1, -0.05) is 127 Å². The first-order valence-electron chi connectivity index (χ1n) is 21.9. The van der Waals surface area contributed by atoms with Crippen molar-refractivity contribution in [3.63, 3.8) is 0 Å². The number of carbonyl (C=O) groups excluding carboxylic acids is 2. The minimum atomic E-state index is -0.921. The van der Waals surface area contributed by atoms with Gasteiger partial charge in [-0.25, -0.2) is 0 Å². The zero-order chi connectivity index (χ0) is 44.4. The van der Waals surface area contributed by atoms with E-state index in [0.29, 0.717) is 22.1 Å². The van der Waals surface area contributed by atoms with Gasteiger partial charge in [-0.2, -0.15) is 0 Å². The fraction of sp³-hybridized carbons (Fsp3) is 0.739. The van der Waals surface area contributed by atoms with E-state index in [1.807, 2.05) is 28.2 Å². The van der Waals surface area contributed by atoms with Crippen LogP contribution in [0.25, 0.3) is 0 Å². The van der Waals surface area contributed by atoms with E-state index in [-0.39, 0.29) is 41.9 Å². The number of aliphatic hydroxyl groups is 2. The molecule has 0 aliphatic rings. The Kier molecular flexibility index (Phi) is 54.8. The number of hydrogen-bond donors (Lipinski definition) is 2. The van der Waals surface area contributed by atoms with E-state index in [1.165, 1.54) is 77.0 Å². The number of unbranched alkanes of at least 4 members (excludes halogenated alkanes) is 16. The molecule has 12 heteroatoms. The summed E-state index contributed by atoms with van der Waals surface area (Å²) in [6.07, 6.45) is 43.9. The number of rotatable bonds is 32. The third kappa shape index (κ3) is 65.6. The van der Waals surface area contributed by atoms with E-state index in [2.05, 4.69) is 74.0 Å². The van der Waals surface area contributed by atoms with Crippen molar-refractivity contribution in [1.29, 1.82) is 0 Å². The second-order valence-electron chi connectivity index (χ2n) is 15.4. The molecule has 0 aromatic rings. The number of carboxylic acid groups (broad SMARTS) is 2. The van der Waals surface area contributed by atoms with Gasteiger partial charge in [0, 0.05) is 11.9 Å². The van der Waals surface area contributed by atoms with Gasteiger partial charge in [-0.05, 0) is 89.9 Å². The van der Waals surface area contributed by atoms with Gasteiger partial charge in [0.1, 0.15) is 0 Å². The first-order chi connectivity index (χ1) is 27.8. The SMILES string of the molecule is CCCCC/C=C\C/C=C\CCCCCCCC(=O)[O-].CCCCC/C=C\C/C=C\CCCCCCCC(=O)[O-].C[N+](C)(C#P=O)CCO.C[N+](C)(C#P=O)CCO. The Morgan fingerprint density at radius 3 is 1.02 bits per heavy atom. The van der Waals surface area contributed by atoms with Gasteiger partial charge in [-0.15, -0.1) is 0 Å². The molecule has 0 rings (SSSR count). The topological polar surface area (TPSA) is 155 Å². The number of likely N-dealkylation sites (N-methyl/N-ethyl adjacent to an activating group) is 2. The van der Waals surface area contributed by atoms with Crippen LogP contribution in [0, 0.1) is 11.5 Å². The molecule has 0 fully saturated rings. The van der Waals surface area contributed by atoms with Crippen molar-refractivity contribution in [2.75, 3.05) is 54.5 Å². The molecule has 0 aliphatic heterocycles. The molecule has 0 radical (unpaired) electrons. The molecule has 0 aromatic carbocycles. The molecular formula is C46H84N2O8P2. The van der Waals surface area contributed by atoms with Gasteiger partial charge < -0.3 is 19.8 Å². The molecule has 336 valence electrons. The average molecular weight is 855 g/mol. The molecule has 0 bridgehead atoms. The monoisotopic (exact) mass is 855 g/mol. The van der Waals surface area contributed by atoms with Gasteiger partial charge in [0.15, 0.2) is 0 Å². The van der Waals surface area contributed by atoms with Crippen LogP contribution in [0.2, 0.25) is 0 Å². The summed E-state index contributed by atoms with van der Waals surface area (Å²) in [5.41, 5.74) is 0. The van der Waals surface area contributed by atoms with Crippen molar-refractivity contribution >= 4 is 27.8 Å². The van der Waals surface area contributed by atoms with Crippen LogP contribution in [-0.2, 0) is 18.7 Å². The number of carboxylic acids is 2. The summed E-state index contributed by atoms with van der Waals surface area (Å²) in [4.78, 5) is 20.4. The average Bonchev–Trinajstić information content (AvgIpc) is 3.15. The van der Waals surface area contributed by atoms with E-state index in [4.69, 9.17) is 10.2 Å². The van der Waals surface area contributed by atoms with Gasteiger partial charge in [0.05, 0.1) is 0 Å². The normalized spacial score (nSPS) is 11.3. The van der Waals surface area contributed by atoms with Crippen LogP contribution in [0.4, 0.5) is 0 Å². The molecule has 0 aliphatic carbocycles. The fourth-order valence-electron chi connectivity index (χ4n) is 4.98. The van der Waals surface area contributed by atoms with E-state index in [1.54, 1.807) is 0 Å². The van der Waals surface area contributed by atoms with Gasteiger partial charge in [0.2, 0.25) is 0 Å². The van der Waals surface area contributed by atoms with Crippen molar-refractivity contribution < 1.29 is 48.1 Å². The Balaban J connectivity index is -0.000000358. The summed E-state index contributed by atoms with van der Waals surface area (Å²) in [7, 11) is 7.07. The molecular weight excluding hydrogens is 770 g/mol. The first-order valence-corrected chi connectivity index (χ1v) is 23.5. The molecule has 0 unspecified atom stereocenters. The van der Waals surface area contributed by atoms with E-state index in [0.717, 1.165) is 64.2 Å². The Hall–Kier alpha value is -2.24. The van der Waals surface area contributed by atoms with Crippen LogP contribution in [-0.4, -0.2) is 85.6 Å². The quantitative estimate of drug-likeness (QED) is 0.0294. The molecule has 0 heterocycles. The molecule has 0 spiro atoms. The third-order valence-corrected chi connectivity index (χ3v) is 9.85. The van der Waals surface area contributed by atoms with Crippen LogP contribution in [0.15, 0.2) is 48.6 Å². The van der Waals surface area contributed by atoms with Crippen molar-refractivity contribution in [1.82, 2.24) is 0 Å². The predicted octanol–water partition coefficient (Wildman–Crippen LogP) is 9.63. The fourth-order valence-corrected chi connectivity index (χ4v) is 5.62. The van der Waals surface area contributed by atoms with Crippen LogP contribution in [0.5, 0.6) is 0 Å². The Bertz CT molecular complexity index is 1170. The summed E-state index contributed by atoms with van der Waals surface area (Å²) < 4.78 is 20.7. The van der Waals surface area contributed by atoms with Gasteiger partial charge in [0.25, 0.3) is 0 Å². The number of hydrogen-bond acceptors (Lipinski definition) is 8. The molecule has 10 nitrogen and oxygen atoms in total. The number of quaternary nitrogens is 2. The van der Waals surface area contributed by atoms with E-state index in [9.17, 15) is 28.9 Å². The summed E-state index contributed by atoms with van der Waals surface area (Å²) in [6.45, 7) is 5.75. The Morgan fingerprint density at radius 2 is 0.759 bits per heavy atom. The van der Waals surface area contributed by atoms with Crippen LogP contribution in [0.1, 0.15) is 168 Å². The van der Waals surface area contributed by atoms with Crippen LogP contribution < -0.4 is 10.2 Å². The molecule has 58 heavy (non-hydrogen) atoms. The number of aliphatic hydroxyl groups excluding tert-OH is 2. The summed E-state index contributed by atoms with van der Waals surface area (Å²) in [6, 6.07) is 0. The molecule has 0 saturated carbocycles.